The Hall–Kier alpha value is -4.55. The number of carboxylic acid groups (broad SMARTS) is 1. The van der Waals surface area contributed by atoms with Gasteiger partial charge in [-0.05, 0) is 17.7 Å². The van der Waals surface area contributed by atoms with Gasteiger partial charge in [0.2, 0.25) is 11.8 Å². The molecule has 0 fully saturated rings. The number of rotatable bonds is 10. The fraction of sp³-hybridized carbons (Fsp3) is 0.167. The molecule has 0 radical (unpaired) electrons. The van der Waals surface area contributed by atoms with Crippen molar-refractivity contribution in [1.82, 2.24) is 14.9 Å². The van der Waals surface area contributed by atoms with Crippen LogP contribution in [0.1, 0.15) is 21.5 Å². The molecular weight excluding hydrogens is 502 g/mol. The number of nitrogens with zero attached hydrogens (tertiary/aromatic N) is 2. The standard InChI is InChI=1S/C24H26ClN7O5/c1-31(2)30-21-18(25)10-20(37-17-8-15(24(35)36)7-16(26)9-17)32(23(21)34)12-19(33)29-11-13-3-5-14(6-4-13)22(27)28/h3-10,30H,11-12,26H2,1-2H3,(H3,27,28)(H,29,33)(H,35,36). The van der Waals surface area contributed by atoms with Crippen molar-refractivity contribution in [3.8, 4) is 11.6 Å². The number of hydrogen-bond donors (Lipinski definition) is 6. The van der Waals surface area contributed by atoms with Gasteiger partial charge in [-0.2, -0.15) is 0 Å². The van der Waals surface area contributed by atoms with E-state index in [-0.39, 0.29) is 46.0 Å². The monoisotopic (exact) mass is 527 g/mol. The normalized spacial score (nSPS) is 10.7. The third-order valence-electron chi connectivity index (χ3n) is 5.00. The van der Waals surface area contributed by atoms with Crippen LogP contribution in [0, 0.1) is 5.41 Å². The lowest BCUT2D eigenvalue weighted by atomic mass is 10.1. The van der Waals surface area contributed by atoms with E-state index in [1.54, 1.807) is 38.4 Å². The number of aromatic carboxylic acids is 1. The van der Waals surface area contributed by atoms with Crippen LogP contribution in [-0.2, 0) is 17.9 Å². The summed E-state index contributed by atoms with van der Waals surface area (Å²) in [6.45, 7) is -0.261. The third-order valence-corrected chi connectivity index (χ3v) is 5.30. The number of amidine groups is 1. The molecule has 0 saturated carbocycles. The van der Waals surface area contributed by atoms with E-state index < -0.39 is 24.0 Å². The minimum Gasteiger partial charge on any atom is -0.478 e. The van der Waals surface area contributed by atoms with Crippen LogP contribution in [0.4, 0.5) is 11.4 Å². The summed E-state index contributed by atoms with van der Waals surface area (Å²) in [7, 11) is 3.32. The van der Waals surface area contributed by atoms with Gasteiger partial charge in [-0.25, -0.2) is 9.80 Å². The first-order chi connectivity index (χ1) is 17.4. The molecule has 1 aromatic heterocycles. The summed E-state index contributed by atoms with van der Waals surface area (Å²) < 4.78 is 6.85. The van der Waals surface area contributed by atoms with Crippen molar-refractivity contribution in [2.24, 2.45) is 5.73 Å². The Morgan fingerprint density at radius 2 is 1.81 bits per heavy atom. The number of hydrogen-bond acceptors (Lipinski definition) is 8. The van der Waals surface area contributed by atoms with E-state index in [1.165, 1.54) is 29.3 Å². The number of aromatic nitrogens is 1. The molecule has 13 heteroatoms. The van der Waals surface area contributed by atoms with Gasteiger partial charge in [0.15, 0.2) is 0 Å². The van der Waals surface area contributed by atoms with Gasteiger partial charge in [0, 0.05) is 44.0 Å². The summed E-state index contributed by atoms with van der Waals surface area (Å²) >= 11 is 6.32. The molecule has 12 nitrogen and oxygen atoms in total. The Morgan fingerprint density at radius 1 is 1.14 bits per heavy atom. The van der Waals surface area contributed by atoms with Crippen LogP contribution in [-0.4, -0.2) is 46.5 Å². The highest BCUT2D eigenvalue weighted by Crippen LogP contribution is 2.29. The zero-order chi connectivity index (χ0) is 27.3. The Balaban J connectivity index is 1.91. The average Bonchev–Trinajstić information content (AvgIpc) is 2.82. The van der Waals surface area contributed by atoms with Gasteiger partial charge in [-0.15, -0.1) is 0 Å². The molecule has 0 aliphatic heterocycles. The van der Waals surface area contributed by atoms with E-state index in [1.807, 2.05) is 0 Å². The topological polar surface area (TPSA) is 189 Å². The summed E-state index contributed by atoms with van der Waals surface area (Å²) in [4.78, 5) is 37.5. The molecule has 1 heterocycles. The minimum absolute atomic E-state index is 0.0189. The molecular formula is C24H26ClN7O5. The lowest BCUT2D eigenvalue weighted by molar-refractivity contribution is -0.121. The quantitative estimate of drug-likeness (QED) is 0.0991. The molecule has 194 valence electrons. The Bertz CT molecular complexity index is 1400. The maximum atomic E-state index is 13.3. The summed E-state index contributed by atoms with van der Waals surface area (Å²) in [6, 6.07) is 12.0. The number of nitrogens with one attached hydrogen (secondary N) is 3. The molecule has 0 aliphatic rings. The SMILES string of the molecule is CN(C)Nc1c(Cl)cc(Oc2cc(N)cc(C(=O)O)c2)n(CC(=O)NCc2ccc(C(=N)N)cc2)c1=O. The Labute approximate surface area is 216 Å². The molecule has 3 rings (SSSR count). The second-order valence-corrected chi connectivity index (χ2v) is 8.60. The fourth-order valence-corrected chi connectivity index (χ4v) is 3.50. The first kappa shape index (κ1) is 27.0. The molecule has 37 heavy (non-hydrogen) atoms. The highest BCUT2D eigenvalue weighted by atomic mass is 35.5. The molecule has 0 saturated heterocycles. The average molecular weight is 528 g/mol. The number of anilines is 2. The number of benzene rings is 2. The van der Waals surface area contributed by atoms with Gasteiger partial charge in [-0.1, -0.05) is 35.9 Å². The second-order valence-electron chi connectivity index (χ2n) is 8.19. The number of pyridine rings is 1. The minimum atomic E-state index is -1.21. The van der Waals surface area contributed by atoms with E-state index in [4.69, 9.17) is 33.2 Å². The summed E-state index contributed by atoms with van der Waals surface area (Å²) in [5.41, 5.74) is 14.8. The van der Waals surface area contributed by atoms with Crippen molar-refractivity contribution in [2.45, 2.75) is 13.1 Å². The van der Waals surface area contributed by atoms with Crippen molar-refractivity contribution >= 4 is 40.7 Å². The summed E-state index contributed by atoms with van der Waals surface area (Å²) in [6.07, 6.45) is 0. The van der Waals surface area contributed by atoms with Gasteiger partial charge in [0.25, 0.3) is 5.56 Å². The van der Waals surface area contributed by atoms with E-state index in [0.29, 0.717) is 5.56 Å². The Morgan fingerprint density at radius 3 is 2.41 bits per heavy atom. The fourth-order valence-electron chi connectivity index (χ4n) is 3.28. The number of hydrazine groups is 1. The molecule has 0 atom stereocenters. The molecule has 0 spiro atoms. The maximum absolute atomic E-state index is 13.3. The molecule has 3 aromatic rings. The summed E-state index contributed by atoms with van der Waals surface area (Å²) in [5.74, 6) is -1.83. The van der Waals surface area contributed by atoms with E-state index >= 15 is 0 Å². The number of nitrogen functional groups attached to an aromatic ring is 2. The van der Waals surface area contributed by atoms with Crippen LogP contribution in [0.15, 0.2) is 53.3 Å². The molecule has 0 unspecified atom stereocenters. The molecule has 0 aliphatic carbocycles. The lowest BCUT2D eigenvalue weighted by Gasteiger charge is -2.19. The lowest BCUT2D eigenvalue weighted by Crippen LogP contribution is -2.35. The van der Waals surface area contributed by atoms with Crippen LogP contribution in [0.3, 0.4) is 0 Å². The van der Waals surface area contributed by atoms with Crippen LogP contribution >= 0.6 is 11.6 Å². The van der Waals surface area contributed by atoms with Gasteiger partial charge >= 0.3 is 5.97 Å². The first-order valence-corrected chi connectivity index (χ1v) is 11.2. The van der Waals surface area contributed by atoms with Crippen molar-refractivity contribution in [2.75, 3.05) is 25.3 Å². The number of amides is 1. The third kappa shape index (κ3) is 6.99. The maximum Gasteiger partial charge on any atom is 0.335 e. The van der Waals surface area contributed by atoms with Crippen molar-refractivity contribution in [3.63, 3.8) is 0 Å². The zero-order valence-electron chi connectivity index (χ0n) is 20.0. The zero-order valence-corrected chi connectivity index (χ0v) is 20.8. The van der Waals surface area contributed by atoms with Crippen LogP contribution in [0.5, 0.6) is 11.6 Å². The van der Waals surface area contributed by atoms with Gasteiger partial charge in [-0.3, -0.25) is 19.6 Å². The number of carbonyl (C=O) groups excluding carboxylic acids is 1. The molecule has 2 aromatic carbocycles. The van der Waals surface area contributed by atoms with Gasteiger partial charge in [0.1, 0.15) is 23.8 Å². The molecule has 8 N–H and O–H groups in total. The van der Waals surface area contributed by atoms with Gasteiger partial charge in [0.05, 0.1) is 10.6 Å². The van der Waals surface area contributed by atoms with Crippen LogP contribution < -0.4 is 32.5 Å². The number of ether oxygens (including phenoxy) is 1. The van der Waals surface area contributed by atoms with E-state index in [9.17, 15) is 19.5 Å². The van der Waals surface area contributed by atoms with E-state index in [2.05, 4.69) is 10.7 Å². The highest BCUT2D eigenvalue weighted by Gasteiger charge is 2.19. The predicted molar refractivity (Wildman–Crippen MR) is 140 cm³/mol. The number of nitrogens with two attached hydrogens (primary N) is 2. The van der Waals surface area contributed by atoms with Gasteiger partial charge < -0.3 is 32.1 Å². The van der Waals surface area contributed by atoms with Crippen LogP contribution in [0.25, 0.3) is 0 Å². The second kappa shape index (κ2) is 11.5. The molecule has 1 amide bonds. The smallest absolute Gasteiger partial charge is 0.335 e. The first-order valence-electron chi connectivity index (χ1n) is 10.8. The van der Waals surface area contributed by atoms with E-state index in [0.717, 1.165) is 10.1 Å². The Kier molecular flexibility index (Phi) is 8.37. The van der Waals surface area contributed by atoms with Crippen molar-refractivity contribution in [1.29, 1.82) is 5.41 Å². The number of carbonyl (C=O) groups is 2. The number of carboxylic acids is 1. The summed E-state index contributed by atoms with van der Waals surface area (Å²) in [5, 5.41) is 21.0. The predicted octanol–water partition coefficient (Wildman–Crippen LogP) is 2.06. The van der Waals surface area contributed by atoms with Crippen molar-refractivity contribution < 1.29 is 19.4 Å². The van der Waals surface area contributed by atoms with Crippen LogP contribution in [0.2, 0.25) is 5.02 Å². The largest absolute Gasteiger partial charge is 0.478 e. The molecule has 0 bridgehead atoms. The number of halogens is 1. The highest BCUT2D eigenvalue weighted by molar-refractivity contribution is 6.33. The van der Waals surface area contributed by atoms with Crippen molar-refractivity contribution in [3.05, 3.63) is 80.6 Å².